The summed E-state index contributed by atoms with van der Waals surface area (Å²) >= 11 is 1.70. The fourth-order valence-corrected chi connectivity index (χ4v) is 2.82. The number of hydrogen-bond acceptors (Lipinski definition) is 3. The molecule has 0 saturated carbocycles. The van der Waals surface area contributed by atoms with Crippen molar-refractivity contribution in [1.29, 1.82) is 0 Å². The van der Waals surface area contributed by atoms with Gasteiger partial charge in [0.1, 0.15) is 5.01 Å². The Labute approximate surface area is 107 Å². The van der Waals surface area contributed by atoms with Crippen LogP contribution in [0.1, 0.15) is 22.4 Å². The van der Waals surface area contributed by atoms with Crippen molar-refractivity contribution in [1.82, 2.24) is 4.98 Å². The van der Waals surface area contributed by atoms with Gasteiger partial charge in [-0.2, -0.15) is 0 Å². The molecular weight excluding hydrogens is 228 g/mol. The summed E-state index contributed by atoms with van der Waals surface area (Å²) in [5, 5.41) is 3.21. The molecule has 0 radical (unpaired) electrons. The van der Waals surface area contributed by atoms with Gasteiger partial charge in [0.05, 0.1) is 5.69 Å². The molecule has 2 N–H and O–H groups in total. The molecule has 90 valence electrons. The molecule has 17 heavy (non-hydrogen) atoms. The number of thiazole rings is 1. The molecule has 2 nitrogen and oxygen atoms in total. The highest BCUT2D eigenvalue weighted by Gasteiger charge is 2.09. The summed E-state index contributed by atoms with van der Waals surface area (Å²) in [4.78, 5) is 4.64. The summed E-state index contributed by atoms with van der Waals surface area (Å²) in [5.74, 6) is 0. The molecule has 0 spiro atoms. The van der Waals surface area contributed by atoms with E-state index in [2.05, 4.69) is 43.3 Å². The van der Waals surface area contributed by atoms with Gasteiger partial charge in [0, 0.05) is 17.4 Å². The zero-order chi connectivity index (χ0) is 12.4. The largest absolute Gasteiger partial charge is 0.330 e. The van der Waals surface area contributed by atoms with E-state index >= 15 is 0 Å². The lowest BCUT2D eigenvalue weighted by atomic mass is 9.99. The highest BCUT2D eigenvalue weighted by atomic mass is 32.1. The SMILES string of the molecule is Cc1ccc(-c2nc(CCN)cs2)c(C)c1C. The topological polar surface area (TPSA) is 38.9 Å². The van der Waals surface area contributed by atoms with E-state index in [1.807, 2.05) is 0 Å². The molecule has 0 unspecified atom stereocenters. The Morgan fingerprint density at radius 1 is 1.18 bits per heavy atom. The van der Waals surface area contributed by atoms with E-state index in [1.54, 1.807) is 11.3 Å². The van der Waals surface area contributed by atoms with E-state index in [-0.39, 0.29) is 0 Å². The molecule has 1 aromatic heterocycles. The summed E-state index contributed by atoms with van der Waals surface area (Å²) in [6.45, 7) is 7.15. The minimum atomic E-state index is 0.662. The van der Waals surface area contributed by atoms with Crippen molar-refractivity contribution in [2.45, 2.75) is 27.2 Å². The third-order valence-corrected chi connectivity index (χ3v) is 4.17. The Kier molecular flexibility index (Phi) is 3.60. The molecule has 0 aliphatic carbocycles. The number of rotatable bonds is 3. The van der Waals surface area contributed by atoms with E-state index in [0.29, 0.717) is 6.54 Å². The zero-order valence-electron chi connectivity index (χ0n) is 10.6. The Balaban J connectivity index is 2.42. The Bertz CT molecular complexity index is 529. The molecule has 1 heterocycles. The quantitative estimate of drug-likeness (QED) is 0.903. The minimum absolute atomic E-state index is 0.662. The lowest BCUT2D eigenvalue weighted by Crippen LogP contribution is -2.02. The van der Waals surface area contributed by atoms with Crippen molar-refractivity contribution in [3.63, 3.8) is 0 Å². The number of nitrogens with zero attached hydrogens (tertiary/aromatic N) is 1. The van der Waals surface area contributed by atoms with Crippen LogP contribution < -0.4 is 5.73 Å². The summed E-state index contributed by atoms with van der Waals surface area (Å²) in [6.07, 6.45) is 0.861. The van der Waals surface area contributed by atoms with Crippen LogP contribution in [0.15, 0.2) is 17.5 Å². The van der Waals surface area contributed by atoms with Crippen molar-refractivity contribution in [3.05, 3.63) is 39.9 Å². The Morgan fingerprint density at radius 2 is 1.94 bits per heavy atom. The molecule has 0 fully saturated rings. The second kappa shape index (κ2) is 4.98. The van der Waals surface area contributed by atoms with Gasteiger partial charge < -0.3 is 5.73 Å². The molecule has 2 aromatic rings. The van der Waals surface area contributed by atoms with Gasteiger partial charge in [-0.15, -0.1) is 11.3 Å². The highest BCUT2D eigenvalue weighted by molar-refractivity contribution is 7.13. The summed E-state index contributed by atoms with van der Waals surface area (Å²) in [7, 11) is 0. The van der Waals surface area contributed by atoms with E-state index < -0.39 is 0 Å². The molecule has 0 bridgehead atoms. The van der Waals surface area contributed by atoms with Gasteiger partial charge >= 0.3 is 0 Å². The second-order valence-electron chi connectivity index (χ2n) is 4.36. The summed E-state index contributed by atoms with van der Waals surface area (Å²) < 4.78 is 0. The van der Waals surface area contributed by atoms with Crippen molar-refractivity contribution in [2.75, 3.05) is 6.54 Å². The Morgan fingerprint density at radius 3 is 2.65 bits per heavy atom. The molecule has 0 aliphatic rings. The van der Waals surface area contributed by atoms with Crippen LogP contribution in [0.3, 0.4) is 0 Å². The highest BCUT2D eigenvalue weighted by Crippen LogP contribution is 2.29. The second-order valence-corrected chi connectivity index (χ2v) is 5.22. The first kappa shape index (κ1) is 12.3. The maximum absolute atomic E-state index is 5.55. The first-order valence-corrected chi connectivity index (χ1v) is 6.73. The van der Waals surface area contributed by atoms with Crippen molar-refractivity contribution >= 4 is 11.3 Å². The van der Waals surface area contributed by atoms with E-state index in [1.165, 1.54) is 22.3 Å². The van der Waals surface area contributed by atoms with Crippen LogP contribution in [0, 0.1) is 20.8 Å². The average molecular weight is 246 g/mol. The first-order valence-electron chi connectivity index (χ1n) is 5.85. The van der Waals surface area contributed by atoms with E-state index in [4.69, 9.17) is 5.73 Å². The van der Waals surface area contributed by atoms with Gasteiger partial charge in [-0.3, -0.25) is 0 Å². The van der Waals surface area contributed by atoms with Crippen molar-refractivity contribution < 1.29 is 0 Å². The van der Waals surface area contributed by atoms with Gasteiger partial charge in [-0.1, -0.05) is 12.1 Å². The standard InChI is InChI=1S/C14H18N2S/c1-9-4-5-13(11(3)10(9)2)14-16-12(6-7-15)8-17-14/h4-5,8H,6-7,15H2,1-3H3. The fraction of sp³-hybridized carbons (Fsp3) is 0.357. The molecule has 0 aliphatic heterocycles. The van der Waals surface area contributed by atoms with Crippen LogP contribution in [0.4, 0.5) is 0 Å². The van der Waals surface area contributed by atoms with Crippen LogP contribution in [0.5, 0.6) is 0 Å². The van der Waals surface area contributed by atoms with Crippen LogP contribution in [0.25, 0.3) is 10.6 Å². The number of benzene rings is 1. The smallest absolute Gasteiger partial charge is 0.123 e. The van der Waals surface area contributed by atoms with Crippen LogP contribution in [-0.2, 0) is 6.42 Å². The molecule has 0 amide bonds. The molecule has 1 aromatic carbocycles. The van der Waals surface area contributed by atoms with Gasteiger partial charge in [0.2, 0.25) is 0 Å². The molecule has 0 saturated heterocycles. The molecule has 3 heteroatoms. The zero-order valence-corrected chi connectivity index (χ0v) is 11.4. The average Bonchev–Trinajstić information content (AvgIpc) is 2.75. The molecule has 0 atom stereocenters. The summed E-state index contributed by atoms with van der Waals surface area (Å²) in [6, 6.07) is 4.34. The third-order valence-electron chi connectivity index (χ3n) is 3.24. The lowest BCUT2D eigenvalue weighted by molar-refractivity contribution is 0.936. The van der Waals surface area contributed by atoms with Crippen LogP contribution in [-0.4, -0.2) is 11.5 Å². The van der Waals surface area contributed by atoms with Gasteiger partial charge in [-0.25, -0.2) is 4.98 Å². The first-order chi connectivity index (χ1) is 8.13. The van der Waals surface area contributed by atoms with E-state index in [9.17, 15) is 0 Å². The van der Waals surface area contributed by atoms with Crippen molar-refractivity contribution in [2.24, 2.45) is 5.73 Å². The minimum Gasteiger partial charge on any atom is -0.330 e. The predicted octanol–water partition coefficient (Wildman–Crippen LogP) is 3.24. The molecular formula is C14H18N2S. The fourth-order valence-electron chi connectivity index (χ4n) is 1.88. The van der Waals surface area contributed by atoms with Crippen LogP contribution in [0.2, 0.25) is 0 Å². The summed E-state index contributed by atoms with van der Waals surface area (Å²) in [5.41, 5.74) is 11.9. The van der Waals surface area contributed by atoms with Gasteiger partial charge in [0.15, 0.2) is 0 Å². The number of hydrogen-bond donors (Lipinski definition) is 1. The third kappa shape index (κ3) is 2.40. The van der Waals surface area contributed by atoms with Crippen molar-refractivity contribution in [3.8, 4) is 10.6 Å². The molecule has 2 rings (SSSR count). The number of aromatic nitrogens is 1. The maximum Gasteiger partial charge on any atom is 0.123 e. The lowest BCUT2D eigenvalue weighted by Gasteiger charge is -2.08. The monoisotopic (exact) mass is 246 g/mol. The van der Waals surface area contributed by atoms with Gasteiger partial charge in [-0.05, 0) is 44.0 Å². The van der Waals surface area contributed by atoms with Gasteiger partial charge in [0.25, 0.3) is 0 Å². The van der Waals surface area contributed by atoms with Crippen LogP contribution >= 0.6 is 11.3 Å². The maximum atomic E-state index is 5.55. The number of aryl methyl sites for hydroxylation is 1. The van der Waals surface area contributed by atoms with E-state index in [0.717, 1.165) is 17.1 Å². The normalized spacial score (nSPS) is 10.8. The number of nitrogens with two attached hydrogens (primary N) is 1. The Hall–Kier alpha value is -1.19. The predicted molar refractivity (Wildman–Crippen MR) is 74.5 cm³/mol.